The number of unbranched alkanes of at least 4 members (excludes halogenated alkanes) is 3. The maximum Gasteiger partial charge on any atom is 0.399 e. The normalized spacial score (nSPS) is 19.7. The van der Waals surface area contributed by atoms with Crippen molar-refractivity contribution in [1.29, 1.82) is 0 Å². The van der Waals surface area contributed by atoms with Crippen LogP contribution in [0.15, 0.2) is 103 Å². The van der Waals surface area contributed by atoms with Crippen LogP contribution in [0, 0.1) is 11.8 Å². The van der Waals surface area contributed by atoms with Crippen LogP contribution in [-0.4, -0.2) is 121 Å². The number of hydrogen-bond donors (Lipinski definition) is 7. The number of amides is 9. The summed E-state index contributed by atoms with van der Waals surface area (Å²) >= 11 is 0.872. The molecule has 1 aromatic heterocycles. The second kappa shape index (κ2) is 26.2. The van der Waals surface area contributed by atoms with Crippen molar-refractivity contribution in [3.8, 4) is 11.8 Å². The first-order chi connectivity index (χ1) is 40.2. The van der Waals surface area contributed by atoms with Gasteiger partial charge in [-0.25, -0.2) is 0 Å². The van der Waals surface area contributed by atoms with Crippen molar-refractivity contribution in [2.75, 3.05) is 13.1 Å². The summed E-state index contributed by atoms with van der Waals surface area (Å²) in [7, 11) is -5.92. The van der Waals surface area contributed by atoms with Crippen LogP contribution in [0.1, 0.15) is 131 Å². The SMILES string of the molecule is NC(=O)CCC(NC(=O)[C@@H]1CC[C@@H]2CCN(C(=O)CCCCCC#Cc3cccc4c3CN(C3CCC(=O)NC3=O)C4=O)C[C@H](NC(=O)c3cc4cc(C(F)(F)P(=O)(O)O)ccc4s3)C(=O)N21)C(=O)N[C@@H](Cc1ccccc1)c1ccccc1. The lowest BCUT2D eigenvalue weighted by atomic mass is 9.98. The second-order valence-corrected chi connectivity index (χ2v) is 24.2. The van der Waals surface area contributed by atoms with Crippen molar-refractivity contribution in [2.24, 2.45) is 5.73 Å². The van der Waals surface area contributed by atoms with Gasteiger partial charge in [0.15, 0.2) is 0 Å². The number of nitrogens with two attached hydrogens (primary N) is 1. The molecule has 4 aliphatic rings. The molecule has 3 fully saturated rings. The molecule has 2 unspecified atom stereocenters. The van der Waals surface area contributed by atoms with E-state index >= 15 is 4.79 Å². The van der Waals surface area contributed by atoms with E-state index < -0.39 is 90.5 Å². The summed E-state index contributed by atoms with van der Waals surface area (Å²) in [4.78, 5) is 145. The number of nitrogens with zero attached hydrogens (tertiary/aromatic N) is 3. The van der Waals surface area contributed by atoms with Gasteiger partial charge in [0, 0.05) is 72.7 Å². The lowest BCUT2D eigenvalue weighted by Crippen LogP contribution is -2.62. The monoisotopic (exact) mass is 1190 g/mol. The number of thiophene rings is 1. The molecular weight excluding hydrogens is 1130 g/mol. The topological polar surface area (TPSA) is 295 Å². The van der Waals surface area contributed by atoms with Crippen LogP contribution in [0.5, 0.6) is 0 Å². The number of hydrogen-bond acceptors (Lipinski definition) is 11. The Balaban J connectivity index is 0.886. The van der Waals surface area contributed by atoms with E-state index in [1.807, 2.05) is 60.7 Å². The lowest BCUT2D eigenvalue weighted by Gasteiger charge is -2.39. The Morgan fingerprint density at radius 2 is 1.61 bits per heavy atom. The summed E-state index contributed by atoms with van der Waals surface area (Å²) in [5.74, 6) is 1.31. The molecule has 9 rings (SSSR count). The number of rotatable bonds is 20. The first-order valence-electron chi connectivity index (χ1n) is 27.8. The van der Waals surface area contributed by atoms with Gasteiger partial charge in [-0.3, -0.25) is 53.0 Å². The van der Waals surface area contributed by atoms with E-state index in [2.05, 4.69) is 33.1 Å². The van der Waals surface area contributed by atoms with E-state index in [4.69, 9.17) is 5.73 Å². The number of benzene rings is 4. The van der Waals surface area contributed by atoms with Gasteiger partial charge in [-0.2, -0.15) is 8.78 Å². The van der Waals surface area contributed by atoms with Gasteiger partial charge in [0.25, 0.3) is 11.8 Å². The van der Waals surface area contributed by atoms with Gasteiger partial charge in [-0.15, -0.1) is 11.3 Å². The van der Waals surface area contributed by atoms with Gasteiger partial charge in [-0.1, -0.05) is 91.1 Å². The van der Waals surface area contributed by atoms with Crippen molar-refractivity contribution < 1.29 is 66.3 Å². The highest BCUT2D eigenvalue weighted by atomic mass is 32.1. The number of fused-ring (bicyclic) bond motifs is 3. The third-order valence-corrected chi connectivity index (χ3v) is 17.8. The summed E-state index contributed by atoms with van der Waals surface area (Å²) in [5.41, 5.74) is 3.58. The molecule has 4 aliphatic heterocycles. The first-order valence-corrected chi connectivity index (χ1v) is 30.2. The molecular formula is C60H63F2N8O12PS. The Hall–Kier alpha value is -8.16. The summed E-state index contributed by atoms with van der Waals surface area (Å²) in [6, 6.07) is 22.3. The third kappa shape index (κ3) is 13.9. The van der Waals surface area contributed by atoms with E-state index in [0.717, 1.165) is 34.6 Å². The Bertz CT molecular complexity index is 3500. The molecule has 20 nitrogen and oxygen atoms in total. The van der Waals surface area contributed by atoms with Crippen molar-refractivity contribution >= 4 is 82.2 Å². The van der Waals surface area contributed by atoms with Gasteiger partial charge in [-0.05, 0) is 104 Å². The molecule has 5 heterocycles. The molecule has 4 aromatic carbocycles. The fraction of sp³-hybridized carbons (Fsp3) is 0.383. The minimum Gasteiger partial charge on any atom is -0.370 e. The number of halogens is 2. The highest BCUT2D eigenvalue weighted by Gasteiger charge is 2.51. The molecule has 0 aliphatic carbocycles. The molecule has 3 saturated heterocycles. The zero-order valence-electron chi connectivity index (χ0n) is 45.6. The third-order valence-electron chi connectivity index (χ3n) is 15.7. The van der Waals surface area contributed by atoms with Crippen LogP contribution in [0.2, 0.25) is 0 Å². The average Bonchev–Trinajstić information content (AvgIpc) is 3.78. The molecule has 440 valence electrons. The second-order valence-electron chi connectivity index (χ2n) is 21.4. The Labute approximate surface area is 486 Å². The molecule has 0 spiro atoms. The maximum atomic E-state index is 15.1. The van der Waals surface area contributed by atoms with E-state index in [1.54, 1.807) is 18.2 Å². The van der Waals surface area contributed by atoms with Crippen molar-refractivity contribution in [1.82, 2.24) is 36.0 Å². The quantitative estimate of drug-likeness (QED) is 0.0222. The standard InChI is InChI=1S/C60H63F2N8O12PS/c61-60(62,83(80,81)82)40-21-26-49-39(32-40)33-50(84-49)57(77)66-46-35-68(53(73)20-11-3-1-2-8-15-37-18-12-19-42-43(37)34-69(58(42)78)47-25-28-52(72)67-55(47)75)30-29-41-22-24-48(70(41)59(46)79)56(76)64-44(23-27-51(63)71)54(74)65-45(38-16-9-5-10-17-38)31-36-13-6-4-7-14-36/h4-7,9-10,12-14,16-19,21,26,32-33,41,44-48H,1-3,11,20,22-25,27-31,34-35H2,(H2,63,71)(H,64,76)(H,65,74)(H,66,77)(H,67,72,75)(H2,80,81,82)/t41-,44?,45+,46+,47?,48+/m1/s1. The fourth-order valence-corrected chi connectivity index (χ4v) is 12.7. The Morgan fingerprint density at radius 3 is 2.33 bits per heavy atom. The zero-order chi connectivity index (χ0) is 59.9. The average molecular weight is 1190 g/mol. The van der Waals surface area contributed by atoms with Gasteiger partial charge in [0.2, 0.25) is 41.4 Å². The summed E-state index contributed by atoms with van der Waals surface area (Å²) in [5, 5.41) is 11.0. The van der Waals surface area contributed by atoms with E-state index in [1.165, 1.54) is 26.8 Å². The highest BCUT2D eigenvalue weighted by molar-refractivity contribution is 7.52. The number of piperidine rings is 1. The summed E-state index contributed by atoms with van der Waals surface area (Å²) in [6.07, 6.45) is 3.29. The largest absolute Gasteiger partial charge is 0.399 e. The fourth-order valence-electron chi connectivity index (χ4n) is 11.3. The van der Waals surface area contributed by atoms with Gasteiger partial charge < -0.3 is 46.2 Å². The number of carbonyl (C=O) groups excluding carboxylic acids is 9. The van der Waals surface area contributed by atoms with Crippen LogP contribution in [-0.2, 0) is 56.8 Å². The van der Waals surface area contributed by atoms with Crippen molar-refractivity contribution in [3.05, 3.63) is 141 Å². The molecule has 0 saturated carbocycles. The maximum absolute atomic E-state index is 15.1. The van der Waals surface area contributed by atoms with Gasteiger partial charge in [0.05, 0.1) is 10.9 Å². The number of nitrogens with one attached hydrogen (secondary N) is 4. The van der Waals surface area contributed by atoms with Gasteiger partial charge >= 0.3 is 13.3 Å². The van der Waals surface area contributed by atoms with Gasteiger partial charge in [0.1, 0.15) is 24.2 Å². The summed E-state index contributed by atoms with van der Waals surface area (Å²) < 4.78 is 41.5. The first kappa shape index (κ1) is 60.4. The van der Waals surface area contributed by atoms with Crippen molar-refractivity contribution in [3.63, 3.8) is 0 Å². The van der Waals surface area contributed by atoms with E-state index in [0.29, 0.717) is 59.9 Å². The molecule has 8 N–H and O–H groups in total. The van der Waals surface area contributed by atoms with Crippen LogP contribution in [0.25, 0.3) is 10.1 Å². The van der Waals surface area contributed by atoms with Crippen LogP contribution in [0.3, 0.4) is 0 Å². The number of alkyl halides is 2. The highest BCUT2D eigenvalue weighted by Crippen LogP contribution is 2.59. The Kier molecular flexibility index (Phi) is 18.8. The minimum atomic E-state index is -5.92. The zero-order valence-corrected chi connectivity index (χ0v) is 47.3. The van der Waals surface area contributed by atoms with Crippen LogP contribution < -0.4 is 27.0 Å². The summed E-state index contributed by atoms with van der Waals surface area (Å²) in [6.45, 7) is 0.00340. The predicted molar refractivity (Wildman–Crippen MR) is 304 cm³/mol. The molecule has 0 bridgehead atoms. The molecule has 84 heavy (non-hydrogen) atoms. The number of imide groups is 1. The minimum absolute atomic E-state index is 0.0477. The lowest BCUT2D eigenvalue weighted by molar-refractivity contribution is -0.145. The smallest absolute Gasteiger partial charge is 0.370 e. The molecule has 5 aromatic rings. The molecule has 9 amide bonds. The molecule has 24 heteroatoms. The van der Waals surface area contributed by atoms with Crippen molar-refractivity contribution in [2.45, 2.75) is 132 Å². The molecule has 0 radical (unpaired) electrons. The van der Waals surface area contributed by atoms with Crippen LogP contribution >= 0.6 is 18.9 Å². The van der Waals surface area contributed by atoms with E-state index in [9.17, 15) is 61.5 Å². The van der Waals surface area contributed by atoms with E-state index in [-0.39, 0.29) is 92.6 Å². The Morgan fingerprint density at radius 1 is 0.857 bits per heavy atom. The van der Waals surface area contributed by atoms with Crippen LogP contribution in [0.4, 0.5) is 8.78 Å². The number of primary amides is 1. The molecule has 6 atom stereocenters. The predicted octanol–water partition coefficient (Wildman–Crippen LogP) is 5.43. The number of carbonyl (C=O) groups is 9.